The van der Waals surface area contributed by atoms with Crippen molar-refractivity contribution < 1.29 is 14.1 Å². The van der Waals surface area contributed by atoms with Crippen LogP contribution in [0.4, 0.5) is 0 Å². The van der Waals surface area contributed by atoms with E-state index in [1.165, 1.54) is 6.26 Å². The van der Waals surface area contributed by atoms with Crippen LogP contribution in [0.25, 0.3) is 0 Å². The Morgan fingerprint density at radius 1 is 1.38 bits per heavy atom. The van der Waals surface area contributed by atoms with Crippen molar-refractivity contribution >= 4 is 11.7 Å². The second-order valence-corrected chi connectivity index (χ2v) is 7.08. The minimum atomic E-state index is -0.00934. The molecule has 3 rings (SSSR count). The van der Waals surface area contributed by atoms with E-state index >= 15 is 0 Å². The first-order valence-electron chi connectivity index (χ1n) is 9.40. The molecular weight excluding hydrogens is 330 g/mol. The van der Waals surface area contributed by atoms with Gasteiger partial charge in [0.2, 0.25) is 5.91 Å². The molecule has 140 valence electrons. The van der Waals surface area contributed by atoms with Gasteiger partial charge < -0.3 is 14.0 Å². The van der Waals surface area contributed by atoms with E-state index in [1.807, 2.05) is 6.92 Å². The minimum Gasteiger partial charge on any atom is -0.364 e. The summed E-state index contributed by atoms with van der Waals surface area (Å²) in [6.07, 6.45) is 6.36. The van der Waals surface area contributed by atoms with Crippen molar-refractivity contribution in [3.8, 4) is 0 Å². The van der Waals surface area contributed by atoms with Gasteiger partial charge in [0.15, 0.2) is 5.78 Å². The van der Waals surface area contributed by atoms with Crippen LogP contribution < -0.4 is 0 Å². The summed E-state index contributed by atoms with van der Waals surface area (Å²) in [5, 5.41) is 3.86. The molecule has 26 heavy (non-hydrogen) atoms. The normalized spacial score (nSPS) is 13.7. The van der Waals surface area contributed by atoms with Crippen molar-refractivity contribution in [3.05, 3.63) is 40.5 Å². The molecule has 0 bridgehead atoms. The molecule has 0 atom stereocenters. The zero-order chi connectivity index (χ0) is 18.7. The van der Waals surface area contributed by atoms with Crippen molar-refractivity contribution in [2.75, 3.05) is 7.05 Å². The highest BCUT2D eigenvalue weighted by Crippen LogP contribution is 2.31. The van der Waals surface area contributed by atoms with E-state index in [0.717, 1.165) is 60.4 Å². The molecule has 0 aromatic carbocycles. The van der Waals surface area contributed by atoms with Crippen LogP contribution in [0, 0.1) is 6.92 Å². The van der Waals surface area contributed by atoms with Gasteiger partial charge in [-0.1, -0.05) is 18.5 Å². The highest BCUT2D eigenvalue weighted by Gasteiger charge is 2.29. The average Bonchev–Trinajstić information content (AvgIpc) is 3.21. The Morgan fingerprint density at radius 2 is 2.19 bits per heavy atom. The molecule has 2 aromatic heterocycles. The van der Waals surface area contributed by atoms with E-state index in [4.69, 9.17) is 4.52 Å². The molecule has 0 aliphatic heterocycles. The fraction of sp³-hybridized carbons (Fsp3) is 0.550. The SMILES string of the molecule is CCCCn1c(C)c(CC(=O)N(C)Cc2ccon2)c2c1CCCC2=O. The molecule has 1 aliphatic rings. The summed E-state index contributed by atoms with van der Waals surface area (Å²) in [4.78, 5) is 27.0. The van der Waals surface area contributed by atoms with Gasteiger partial charge in [0.25, 0.3) is 0 Å². The van der Waals surface area contributed by atoms with E-state index in [2.05, 4.69) is 16.6 Å². The number of Topliss-reactive ketones (excluding diaryl/α,β-unsaturated/α-hetero) is 1. The molecule has 0 unspecified atom stereocenters. The summed E-state index contributed by atoms with van der Waals surface area (Å²) >= 11 is 0. The van der Waals surface area contributed by atoms with Crippen LogP contribution >= 0.6 is 0 Å². The molecule has 6 heteroatoms. The maximum absolute atomic E-state index is 12.8. The van der Waals surface area contributed by atoms with Gasteiger partial charge in [-0.15, -0.1) is 0 Å². The summed E-state index contributed by atoms with van der Waals surface area (Å²) in [6, 6.07) is 1.75. The van der Waals surface area contributed by atoms with E-state index in [0.29, 0.717) is 13.0 Å². The molecule has 1 aliphatic carbocycles. The first-order chi connectivity index (χ1) is 12.5. The number of hydrogen-bond donors (Lipinski definition) is 0. The molecule has 6 nitrogen and oxygen atoms in total. The molecule has 0 fully saturated rings. The number of likely N-dealkylation sites (N-methyl/N-ethyl adjacent to an activating group) is 1. The lowest BCUT2D eigenvalue weighted by atomic mass is 9.92. The molecule has 2 heterocycles. The molecule has 1 amide bonds. The number of amides is 1. The Hall–Kier alpha value is -2.37. The molecule has 0 saturated carbocycles. The Kier molecular flexibility index (Phi) is 5.59. The van der Waals surface area contributed by atoms with Crippen molar-refractivity contribution in [3.63, 3.8) is 0 Å². The van der Waals surface area contributed by atoms with E-state index < -0.39 is 0 Å². The predicted molar refractivity (Wildman–Crippen MR) is 98.0 cm³/mol. The molecule has 0 N–H and O–H groups in total. The van der Waals surface area contributed by atoms with Gasteiger partial charge in [-0.2, -0.15) is 0 Å². The smallest absolute Gasteiger partial charge is 0.227 e. The van der Waals surface area contributed by atoms with Crippen LogP contribution in [-0.2, 0) is 30.7 Å². The second-order valence-electron chi connectivity index (χ2n) is 7.08. The highest BCUT2D eigenvalue weighted by molar-refractivity contribution is 6.01. The number of aromatic nitrogens is 2. The highest BCUT2D eigenvalue weighted by atomic mass is 16.5. The van der Waals surface area contributed by atoms with Crippen molar-refractivity contribution in [2.24, 2.45) is 0 Å². The fourth-order valence-electron chi connectivity index (χ4n) is 3.76. The topological polar surface area (TPSA) is 68.3 Å². The summed E-state index contributed by atoms with van der Waals surface area (Å²) in [5.74, 6) is 0.177. The minimum absolute atomic E-state index is 0.00934. The maximum Gasteiger partial charge on any atom is 0.227 e. The van der Waals surface area contributed by atoms with Gasteiger partial charge in [-0.05, 0) is 31.7 Å². The molecule has 2 aromatic rings. The monoisotopic (exact) mass is 357 g/mol. The Labute approximate surface area is 154 Å². The Morgan fingerprint density at radius 3 is 2.88 bits per heavy atom. The summed E-state index contributed by atoms with van der Waals surface area (Å²) in [7, 11) is 1.76. The number of ketones is 1. The van der Waals surface area contributed by atoms with E-state index in [-0.39, 0.29) is 18.1 Å². The van der Waals surface area contributed by atoms with Crippen LogP contribution in [0.5, 0.6) is 0 Å². The molecule has 0 radical (unpaired) electrons. The average molecular weight is 357 g/mol. The van der Waals surface area contributed by atoms with Gasteiger partial charge >= 0.3 is 0 Å². The summed E-state index contributed by atoms with van der Waals surface area (Å²) in [6.45, 7) is 5.53. The molecule has 0 saturated heterocycles. The Bertz CT molecular complexity index is 790. The van der Waals surface area contributed by atoms with Gasteiger partial charge in [0.1, 0.15) is 12.0 Å². The lowest BCUT2D eigenvalue weighted by molar-refractivity contribution is -0.129. The van der Waals surface area contributed by atoms with Crippen LogP contribution in [-0.4, -0.2) is 33.4 Å². The van der Waals surface area contributed by atoms with Gasteiger partial charge in [0, 0.05) is 43.0 Å². The van der Waals surface area contributed by atoms with Crippen molar-refractivity contribution in [1.82, 2.24) is 14.6 Å². The third-order valence-corrected chi connectivity index (χ3v) is 5.23. The zero-order valence-corrected chi connectivity index (χ0v) is 15.9. The van der Waals surface area contributed by atoms with E-state index in [9.17, 15) is 9.59 Å². The lowest BCUT2D eigenvalue weighted by Gasteiger charge is -2.17. The summed E-state index contributed by atoms with van der Waals surface area (Å²) < 4.78 is 7.10. The fourth-order valence-corrected chi connectivity index (χ4v) is 3.76. The second kappa shape index (κ2) is 7.89. The van der Waals surface area contributed by atoms with Gasteiger partial charge in [-0.25, -0.2) is 0 Å². The quantitative estimate of drug-likeness (QED) is 0.762. The third kappa shape index (κ3) is 3.59. The number of carbonyl (C=O) groups excluding carboxylic acids is 2. The summed E-state index contributed by atoms with van der Waals surface area (Å²) in [5.41, 5.74) is 4.65. The molecule has 0 spiro atoms. The number of rotatable bonds is 7. The number of nitrogens with zero attached hydrogens (tertiary/aromatic N) is 3. The number of fused-ring (bicyclic) bond motifs is 1. The Balaban J connectivity index is 1.85. The maximum atomic E-state index is 12.8. The van der Waals surface area contributed by atoms with Gasteiger partial charge in [-0.3, -0.25) is 9.59 Å². The van der Waals surface area contributed by atoms with Crippen molar-refractivity contribution in [2.45, 2.75) is 65.5 Å². The number of hydrogen-bond acceptors (Lipinski definition) is 4. The number of carbonyl (C=O) groups is 2. The van der Waals surface area contributed by atoms with Crippen LogP contribution in [0.1, 0.15) is 65.6 Å². The van der Waals surface area contributed by atoms with Crippen LogP contribution in [0.15, 0.2) is 16.9 Å². The number of unbranched alkanes of at least 4 members (excludes halogenated alkanes) is 1. The van der Waals surface area contributed by atoms with Crippen molar-refractivity contribution in [1.29, 1.82) is 0 Å². The third-order valence-electron chi connectivity index (χ3n) is 5.23. The first kappa shape index (κ1) is 18.4. The molecular formula is C20H27N3O3. The lowest BCUT2D eigenvalue weighted by Crippen LogP contribution is -2.28. The van der Waals surface area contributed by atoms with E-state index in [1.54, 1.807) is 18.0 Å². The largest absolute Gasteiger partial charge is 0.364 e. The zero-order valence-electron chi connectivity index (χ0n) is 15.9. The van der Waals surface area contributed by atoms with Crippen LogP contribution in [0.2, 0.25) is 0 Å². The van der Waals surface area contributed by atoms with Crippen LogP contribution in [0.3, 0.4) is 0 Å². The predicted octanol–water partition coefficient (Wildman–Crippen LogP) is 3.30. The standard InChI is InChI=1S/C20H27N3O3/c1-4-5-10-23-14(2)16(20-17(23)7-6-8-18(20)24)12-19(25)22(3)13-15-9-11-26-21-15/h9,11H,4-8,10,12-13H2,1-3H3. The first-order valence-corrected chi connectivity index (χ1v) is 9.40. The van der Waals surface area contributed by atoms with Gasteiger partial charge in [0.05, 0.1) is 13.0 Å².